The number of carbonyl (C=O) groups is 2. The number of benzene rings is 1. The van der Waals surface area contributed by atoms with Crippen molar-refractivity contribution in [2.24, 2.45) is 11.7 Å². The summed E-state index contributed by atoms with van der Waals surface area (Å²) in [5.74, 6) is 1.36. The number of nitrogens with zero attached hydrogens (tertiary/aromatic N) is 1. The Labute approximate surface area is 166 Å². The standard InChI is InChI=1S/C20H32N4O2S/c1-15-8-11-24(12-9-15)18(16-6-4-3-5-7-16)14-22-19(25)17(10-13-27-2)23-20(21)26/h3-7,15,17-18H,8-14H2,1-2H3,(H,22,25)(H3,21,23,26). The highest BCUT2D eigenvalue weighted by molar-refractivity contribution is 7.98. The highest BCUT2D eigenvalue weighted by Crippen LogP contribution is 2.26. The van der Waals surface area contributed by atoms with Crippen molar-refractivity contribution < 1.29 is 9.59 Å². The molecular formula is C20H32N4O2S. The van der Waals surface area contributed by atoms with Crippen molar-refractivity contribution in [1.29, 1.82) is 0 Å². The summed E-state index contributed by atoms with van der Waals surface area (Å²) < 4.78 is 0. The molecule has 7 heteroatoms. The van der Waals surface area contributed by atoms with Crippen molar-refractivity contribution in [3.63, 3.8) is 0 Å². The van der Waals surface area contributed by atoms with Crippen LogP contribution in [0.15, 0.2) is 30.3 Å². The molecule has 1 heterocycles. The maximum atomic E-state index is 12.6. The maximum Gasteiger partial charge on any atom is 0.312 e. The second-order valence-corrected chi connectivity index (χ2v) is 8.22. The van der Waals surface area contributed by atoms with Gasteiger partial charge in [-0.05, 0) is 55.8 Å². The highest BCUT2D eigenvalue weighted by atomic mass is 32.2. The number of thioether (sulfide) groups is 1. The van der Waals surface area contributed by atoms with E-state index in [1.807, 2.05) is 24.5 Å². The van der Waals surface area contributed by atoms with Gasteiger partial charge in [-0.3, -0.25) is 9.69 Å². The van der Waals surface area contributed by atoms with Crippen molar-refractivity contribution in [2.45, 2.75) is 38.3 Å². The fourth-order valence-electron chi connectivity index (χ4n) is 3.47. The van der Waals surface area contributed by atoms with Gasteiger partial charge in [0.25, 0.3) is 0 Å². The summed E-state index contributed by atoms with van der Waals surface area (Å²) >= 11 is 1.64. The zero-order valence-electron chi connectivity index (χ0n) is 16.3. The van der Waals surface area contributed by atoms with Crippen molar-refractivity contribution in [3.05, 3.63) is 35.9 Å². The lowest BCUT2D eigenvalue weighted by Crippen LogP contribution is -2.50. The molecular weight excluding hydrogens is 360 g/mol. The highest BCUT2D eigenvalue weighted by Gasteiger charge is 2.26. The van der Waals surface area contributed by atoms with E-state index in [1.165, 1.54) is 18.4 Å². The lowest BCUT2D eigenvalue weighted by atomic mass is 9.95. The fraction of sp³-hybridized carbons (Fsp3) is 0.600. The molecule has 1 saturated heterocycles. The number of rotatable bonds is 9. The summed E-state index contributed by atoms with van der Waals surface area (Å²) in [4.78, 5) is 26.3. The van der Waals surface area contributed by atoms with Crippen molar-refractivity contribution in [3.8, 4) is 0 Å². The van der Waals surface area contributed by atoms with Gasteiger partial charge in [-0.2, -0.15) is 11.8 Å². The Morgan fingerprint density at radius 2 is 1.93 bits per heavy atom. The molecule has 0 saturated carbocycles. The maximum absolute atomic E-state index is 12.6. The van der Waals surface area contributed by atoms with E-state index in [1.54, 1.807) is 11.8 Å². The van der Waals surface area contributed by atoms with Gasteiger partial charge >= 0.3 is 6.03 Å². The third-order valence-electron chi connectivity index (χ3n) is 5.16. The van der Waals surface area contributed by atoms with Crippen LogP contribution in [0.2, 0.25) is 0 Å². The normalized spacial score (nSPS) is 17.9. The summed E-state index contributed by atoms with van der Waals surface area (Å²) in [6.07, 6.45) is 4.89. The van der Waals surface area contributed by atoms with Crippen LogP contribution >= 0.6 is 11.8 Å². The number of likely N-dealkylation sites (tertiary alicyclic amines) is 1. The van der Waals surface area contributed by atoms with Crippen LogP contribution in [0.1, 0.15) is 37.8 Å². The van der Waals surface area contributed by atoms with E-state index >= 15 is 0 Å². The second kappa shape index (κ2) is 11.2. The van der Waals surface area contributed by atoms with Gasteiger partial charge in [-0.25, -0.2) is 4.79 Å². The Morgan fingerprint density at radius 3 is 2.52 bits per heavy atom. The average molecular weight is 393 g/mol. The first-order valence-corrected chi connectivity index (χ1v) is 11.0. The quantitative estimate of drug-likeness (QED) is 0.602. The zero-order chi connectivity index (χ0) is 19.6. The van der Waals surface area contributed by atoms with E-state index in [0.717, 1.165) is 24.8 Å². The minimum atomic E-state index is -0.666. The molecule has 0 aromatic heterocycles. The van der Waals surface area contributed by atoms with Gasteiger partial charge in [-0.1, -0.05) is 37.3 Å². The van der Waals surface area contributed by atoms with Crippen molar-refractivity contribution in [1.82, 2.24) is 15.5 Å². The molecule has 1 aliphatic heterocycles. The lowest BCUT2D eigenvalue weighted by molar-refractivity contribution is -0.123. The van der Waals surface area contributed by atoms with Gasteiger partial charge in [0.2, 0.25) is 5.91 Å². The first kappa shape index (κ1) is 21.6. The van der Waals surface area contributed by atoms with Crippen LogP contribution in [-0.2, 0) is 4.79 Å². The first-order chi connectivity index (χ1) is 13.0. The van der Waals surface area contributed by atoms with Gasteiger partial charge in [0, 0.05) is 6.54 Å². The molecule has 0 spiro atoms. The molecule has 0 bridgehead atoms. The third kappa shape index (κ3) is 7.07. The molecule has 2 unspecified atom stereocenters. The molecule has 1 aliphatic rings. The fourth-order valence-corrected chi connectivity index (χ4v) is 3.94. The van der Waals surface area contributed by atoms with Crippen LogP contribution in [-0.4, -0.2) is 54.5 Å². The Morgan fingerprint density at radius 1 is 1.26 bits per heavy atom. The van der Waals surface area contributed by atoms with Gasteiger partial charge in [0.1, 0.15) is 6.04 Å². The van der Waals surface area contributed by atoms with Crippen LogP contribution in [0.4, 0.5) is 4.79 Å². The zero-order valence-corrected chi connectivity index (χ0v) is 17.1. The van der Waals surface area contributed by atoms with Gasteiger partial charge in [0.15, 0.2) is 0 Å². The molecule has 0 aliphatic carbocycles. The molecule has 1 fully saturated rings. The summed E-state index contributed by atoms with van der Waals surface area (Å²) in [6.45, 7) is 4.88. The molecule has 2 atom stereocenters. The Balaban J connectivity index is 2.03. The van der Waals surface area contributed by atoms with Crippen molar-refractivity contribution >= 4 is 23.7 Å². The van der Waals surface area contributed by atoms with Crippen LogP contribution in [0.25, 0.3) is 0 Å². The van der Waals surface area contributed by atoms with Gasteiger partial charge < -0.3 is 16.4 Å². The summed E-state index contributed by atoms with van der Waals surface area (Å²) in [6, 6.07) is 9.18. The summed E-state index contributed by atoms with van der Waals surface area (Å²) in [5, 5.41) is 5.61. The van der Waals surface area contributed by atoms with E-state index in [0.29, 0.717) is 13.0 Å². The summed E-state index contributed by atoms with van der Waals surface area (Å²) in [7, 11) is 0. The van der Waals surface area contributed by atoms with Crippen LogP contribution < -0.4 is 16.4 Å². The SMILES string of the molecule is CSCCC(NC(N)=O)C(=O)NCC(c1ccccc1)N1CCC(C)CC1. The van der Waals surface area contributed by atoms with Crippen molar-refractivity contribution in [2.75, 3.05) is 31.6 Å². The Bertz CT molecular complexity index is 591. The van der Waals surface area contributed by atoms with E-state index in [4.69, 9.17) is 5.73 Å². The van der Waals surface area contributed by atoms with E-state index < -0.39 is 12.1 Å². The molecule has 6 nitrogen and oxygen atoms in total. The molecule has 3 amide bonds. The smallest absolute Gasteiger partial charge is 0.312 e. The molecule has 2 rings (SSSR count). The minimum Gasteiger partial charge on any atom is -0.352 e. The summed E-state index contributed by atoms with van der Waals surface area (Å²) in [5.41, 5.74) is 6.44. The third-order valence-corrected chi connectivity index (χ3v) is 5.80. The molecule has 150 valence electrons. The number of urea groups is 1. The van der Waals surface area contributed by atoms with E-state index in [-0.39, 0.29) is 11.9 Å². The van der Waals surface area contributed by atoms with Gasteiger partial charge in [-0.15, -0.1) is 0 Å². The molecule has 27 heavy (non-hydrogen) atoms. The monoisotopic (exact) mass is 392 g/mol. The molecule has 1 aromatic rings. The minimum absolute atomic E-state index is 0.137. The number of hydrogen-bond donors (Lipinski definition) is 3. The second-order valence-electron chi connectivity index (χ2n) is 7.23. The van der Waals surface area contributed by atoms with Crippen LogP contribution in [0, 0.1) is 5.92 Å². The molecule has 0 radical (unpaired) electrons. The average Bonchev–Trinajstić information content (AvgIpc) is 2.67. The molecule has 1 aromatic carbocycles. The topological polar surface area (TPSA) is 87.5 Å². The number of nitrogens with two attached hydrogens (primary N) is 1. The predicted molar refractivity (Wildman–Crippen MR) is 112 cm³/mol. The predicted octanol–water partition coefficient (Wildman–Crippen LogP) is 2.37. The first-order valence-electron chi connectivity index (χ1n) is 9.63. The number of nitrogens with one attached hydrogen (secondary N) is 2. The number of hydrogen-bond acceptors (Lipinski definition) is 4. The van der Waals surface area contributed by atoms with E-state index in [9.17, 15) is 9.59 Å². The Hall–Kier alpha value is -1.73. The Kier molecular flexibility index (Phi) is 8.94. The number of primary amides is 1. The number of carbonyl (C=O) groups excluding carboxylic acids is 2. The lowest BCUT2D eigenvalue weighted by Gasteiger charge is -2.37. The number of piperidine rings is 1. The van der Waals surface area contributed by atoms with Gasteiger partial charge in [0.05, 0.1) is 6.04 Å². The largest absolute Gasteiger partial charge is 0.352 e. The van der Waals surface area contributed by atoms with Crippen LogP contribution in [0.3, 0.4) is 0 Å². The van der Waals surface area contributed by atoms with E-state index in [2.05, 4.69) is 34.6 Å². The molecule has 4 N–H and O–H groups in total. The number of amides is 3. The van der Waals surface area contributed by atoms with Crippen LogP contribution in [0.5, 0.6) is 0 Å².